The molecule has 0 unspecified atom stereocenters. The second kappa shape index (κ2) is 8.42. The van der Waals surface area contributed by atoms with Crippen LogP contribution in [0, 0.1) is 0 Å². The van der Waals surface area contributed by atoms with Crippen LogP contribution in [0.3, 0.4) is 0 Å². The van der Waals surface area contributed by atoms with E-state index in [4.69, 9.17) is 21.1 Å². The summed E-state index contributed by atoms with van der Waals surface area (Å²) < 4.78 is 13.9. The van der Waals surface area contributed by atoms with Crippen molar-refractivity contribution in [3.8, 4) is 11.5 Å². The Kier molecular flexibility index (Phi) is 5.23. The summed E-state index contributed by atoms with van der Waals surface area (Å²) in [6.45, 7) is 0. The van der Waals surface area contributed by atoms with Gasteiger partial charge in [0.25, 0.3) is 0 Å². The topological polar surface area (TPSA) is 61.2 Å². The zero-order chi connectivity index (χ0) is 23.2. The van der Waals surface area contributed by atoms with Gasteiger partial charge in [0, 0.05) is 21.1 Å². The minimum atomic E-state index is -0.323. The number of rotatable bonds is 4. The Morgan fingerprint density at radius 3 is 2.53 bits per heavy atom. The van der Waals surface area contributed by atoms with Crippen LogP contribution in [0.2, 0.25) is 5.02 Å². The number of fused-ring (bicyclic) bond motifs is 3. The molecule has 0 radical (unpaired) electrons. The lowest BCUT2D eigenvalue weighted by atomic mass is 9.84. The number of hydrogen-bond donors (Lipinski definition) is 1. The summed E-state index contributed by atoms with van der Waals surface area (Å²) in [5, 5.41) is 8.72. The maximum Gasteiger partial charge on any atom is 0.226 e. The number of halogens is 1. The maximum atomic E-state index is 6.65. The van der Waals surface area contributed by atoms with Gasteiger partial charge in [-0.15, -0.1) is 11.8 Å². The van der Waals surface area contributed by atoms with E-state index in [0.29, 0.717) is 11.0 Å². The fourth-order valence-corrected chi connectivity index (χ4v) is 5.18. The van der Waals surface area contributed by atoms with Gasteiger partial charge in [-0.25, -0.2) is 4.68 Å². The summed E-state index contributed by atoms with van der Waals surface area (Å²) in [6.07, 6.45) is 3.32. The third kappa shape index (κ3) is 3.43. The van der Waals surface area contributed by atoms with E-state index in [-0.39, 0.29) is 12.1 Å². The van der Waals surface area contributed by atoms with Crippen LogP contribution < -0.4 is 14.8 Å². The van der Waals surface area contributed by atoms with Gasteiger partial charge < -0.3 is 14.8 Å². The Balaban J connectivity index is 1.59. The summed E-state index contributed by atoms with van der Waals surface area (Å²) in [7, 11) is 1.67. The Hall–Kier alpha value is -3.42. The van der Waals surface area contributed by atoms with E-state index < -0.39 is 0 Å². The van der Waals surface area contributed by atoms with Gasteiger partial charge in [-0.05, 0) is 59.8 Å². The molecule has 0 aliphatic carbocycles. The molecule has 3 aromatic carbocycles. The SMILES string of the molecule is COc1ccc([C@H]2C3=C(Nc4ncnn42)c2cc(Cl)ccc2O[C@@H]3c2ccc(SC)cc2)cc1. The quantitative estimate of drug-likeness (QED) is 0.344. The lowest BCUT2D eigenvalue weighted by Gasteiger charge is -2.39. The number of thioether (sulfide) groups is 1. The van der Waals surface area contributed by atoms with Crippen LogP contribution in [0.15, 0.2) is 83.5 Å². The molecule has 8 heteroatoms. The second-order valence-electron chi connectivity index (χ2n) is 8.07. The van der Waals surface area contributed by atoms with E-state index in [1.165, 1.54) is 4.90 Å². The molecule has 1 N–H and O–H groups in total. The Bertz CT molecular complexity index is 1400. The number of ether oxygens (including phenoxy) is 2. The summed E-state index contributed by atoms with van der Waals surface area (Å²) in [5.74, 6) is 2.24. The molecule has 34 heavy (non-hydrogen) atoms. The highest BCUT2D eigenvalue weighted by molar-refractivity contribution is 7.98. The first-order valence-corrected chi connectivity index (χ1v) is 12.4. The van der Waals surface area contributed by atoms with Crippen LogP contribution in [0.5, 0.6) is 11.5 Å². The molecule has 6 rings (SSSR count). The van der Waals surface area contributed by atoms with Gasteiger partial charge in [-0.3, -0.25) is 0 Å². The van der Waals surface area contributed by atoms with Crippen molar-refractivity contribution in [3.05, 3.63) is 100 Å². The van der Waals surface area contributed by atoms with Gasteiger partial charge in [-0.2, -0.15) is 10.1 Å². The smallest absolute Gasteiger partial charge is 0.226 e. The standard InChI is InChI=1S/C26H21ClN4O2S/c1-32-18-8-3-15(4-9-18)24-22-23(30-26-28-14-29-31(24)26)20-13-17(27)7-12-21(20)33-25(22)16-5-10-19(34-2)11-6-16/h3-14,24-25H,1-2H3,(H,28,29,30)/t24-,25+/m0/s1. The minimum Gasteiger partial charge on any atom is -0.497 e. The van der Waals surface area contributed by atoms with Crippen LogP contribution >= 0.6 is 23.4 Å². The molecule has 3 heterocycles. The number of methoxy groups -OCH3 is 1. The summed E-state index contributed by atoms with van der Waals surface area (Å²) in [4.78, 5) is 5.68. The van der Waals surface area contributed by atoms with Crippen molar-refractivity contribution in [2.24, 2.45) is 0 Å². The molecule has 0 saturated carbocycles. The summed E-state index contributed by atoms with van der Waals surface area (Å²) >= 11 is 8.12. The molecule has 170 valence electrons. The lowest BCUT2D eigenvalue weighted by Crippen LogP contribution is -2.32. The predicted molar refractivity (Wildman–Crippen MR) is 135 cm³/mol. The number of benzene rings is 3. The van der Waals surface area contributed by atoms with Gasteiger partial charge in [-0.1, -0.05) is 35.9 Å². The van der Waals surface area contributed by atoms with Crippen LogP contribution in [0.1, 0.15) is 28.8 Å². The number of hydrogen-bond acceptors (Lipinski definition) is 6. The fourth-order valence-electron chi connectivity index (χ4n) is 4.60. The molecule has 6 nitrogen and oxygen atoms in total. The molecular formula is C26H21ClN4O2S. The first-order valence-electron chi connectivity index (χ1n) is 10.8. The highest BCUT2D eigenvalue weighted by Gasteiger charge is 2.41. The second-order valence-corrected chi connectivity index (χ2v) is 9.39. The molecule has 0 amide bonds. The van der Waals surface area contributed by atoms with E-state index >= 15 is 0 Å². The van der Waals surface area contributed by atoms with E-state index in [1.807, 2.05) is 35.0 Å². The Morgan fingerprint density at radius 2 is 1.79 bits per heavy atom. The molecule has 0 saturated heterocycles. The van der Waals surface area contributed by atoms with Crippen molar-refractivity contribution in [1.29, 1.82) is 0 Å². The maximum absolute atomic E-state index is 6.65. The van der Waals surface area contributed by atoms with Gasteiger partial charge in [0.15, 0.2) is 0 Å². The fraction of sp³-hybridized carbons (Fsp3) is 0.154. The molecule has 2 atom stereocenters. The van der Waals surface area contributed by atoms with Crippen molar-refractivity contribution < 1.29 is 9.47 Å². The van der Waals surface area contributed by atoms with Crippen LogP contribution in [-0.2, 0) is 0 Å². The minimum absolute atomic E-state index is 0.225. The van der Waals surface area contributed by atoms with Crippen molar-refractivity contribution in [3.63, 3.8) is 0 Å². The first kappa shape index (κ1) is 21.1. The monoisotopic (exact) mass is 488 g/mol. The van der Waals surface area contributed by atoms with Crippen molar-refractivity contribution in [1.82, 2.24) is 14.8 Å². The van der Waals surface area contributed by atoms with Crippen LogP contribution in [0.4, 0.5) is 5.95 Å². The largest absolute Gasteiger partial charge is 0.497 e. The molecule has 0 bridgehead atoms. The Labute approximate surface area is 206 Å². The molecular weight excluding hydrogens is 468 g/mol. The normalized spacial score (nSPS) is 18.3. The molecule has 0 fully saturated rings. The highest BCUT2D eigenvalue weighted by atomic mass is 35.5. The van der Waals surface area contributed by atoms with Crippen molar-refractivity contribution in [2.75, 3.05) is 18.7 Å². The van der Waals surface area contributed by atoms with Crippen molar-refractivity contribution in [2.45, 2.75) is 17.0 Å². The third-order valence-electron chi connectivity index (χ3n) is 6.23. The van der Waals surface area contributed by atoms with Gasteiger partial charge >= 0.3 is 0 Å². The average Bonchev–Trinajstić information content (AvgIpc) is 3.35. The number of anilines is 1. The van der Waals surface area contributed by atoms with Crippen molar-refractivity contribution >= 4 is 35.0 Å². The van der Waals surface area contributed by atoms with Gasteiger partial charge in [0.1, 0.15) is 30.0 Å². The summed E-state index contributed by atoms with van der Waals surface area (Å²) in [6, 6.07) is 22.0. The predicted octanol–water partition coefficient (Wildman–Crippen LogP) is 6.22. The van der Waals surface area contributed by atoms with Gasteiger partial charge in [0.2, 0.25) is 5.95 Å². The Morgan fingerprint density at radius 1 is 1.03 bits per heavy atom. The molecule has 2 aliphatic rings. The van der Waals surface area contributed by atoms with E-state index in [9.17, 15) is 0 Å². The third-order valence-corrected chi connectivity index (χ3v) is 7.20. The molecule has 1 aromatic heterocycles. The number of nitrogens with one attached hydrogen (secondary N) is 1. The molecule has 2 aliphatic heterocycles. The zero-order valence-electron chi connectivity index (χ0n) is 18.5. The number of aromatic nitrogens is 3. The first-order chi connectivity index (χ1) is 16.7. The lowest BCUT2D eigenvalue weighted by molar-refractivity contribution is 0.223. The zero-order valence-corrected chi connectivity index (χ0v) is 20.1. The van der Waals surface area contributed by atoms with E-state index in [2.05, 4.69) is 58.1 Å². The van der Waals surface area contributed by atoms with E-state index in [1.54, 1.807) is 25.2 Å². The van der Waals surface area contributed by atoms with E-state index in [0.717, 1.165) is 39.5 Å². The number of nitrogens with zero attached hydrogens (tertiary/aromatic N) is 3. The molecule has 4 aromatic rings. The average molecular weight is 489 g/mol. The molecule has 0 spiro atoms. The highest BCUT2D eigenvalue weighted by Crippen LogP contribution is 2.51. The summed E-state index contributed by atoms with van der Waals surface area (Å²) in [5.41, 5.74) is 5.03. The van der Waals surface area contributed by atoms with Crippen LogP contribution in [-0.4, -0.2) is 28.1 Å². The van der Waals surface area contributed by atoms with Gasteiger partial charge in [0.05, 0.1) is 12.8 Å². The van der Waals surface area contributed by atoms with Crippen LogP contribution in [0.25, 0.3) is 5.70 Å².